The van der Waals surface area contributed by atoms with Crippen molar-refractivity contribution in [2.24, 2.45) is 0 Å². The molecule has 8 heteroatoms. The highest BCUT2D eigenvalue weighted by atomic mass is 127. The van der Waals surface area contributed by atoms with Crippen LogP contribution in [0.2, 0.25) is 0 Å². The Morgan fingerprint density at radius 2 is 1.83 bits per heavy atom. The van der Waals surface area contributed by atoms with Gasteiger partial charge in [0, 0.05) is 11.4 Å². The second kappa shape index (κ2) is 7.30. The Morgan fingerprint density at radius 3 is 2.17 bits per heavy atom. The van der Waals surface area contributed by atoms with Gasteiger partial charge in [-0.05, 0) is 6.92 Å². The number of thioether (sulfide) groups is 1. The monoisotopic (exact) mass is 462 g/mol. The molecule has 3 atom stereocenters. The van der Waals surface area contributed by atoms with Gasteiger partial charge in [-0.25, -0.2) is 4.79 Å². The van der Waals surface area contributed by atoms with Crippen LogP contribution in [0.5, 0.6) is 0 Å². The number of amides is 2. The van der Waals surface area contributed by atoms with Gasteiger partial charge in [-0.1, -0.05) is 59.0 Å². The molecule has 2 unspecified atom stereocenters. The third-order valence-electron chi connectivity index (χ3n) is 4.02. The minimum absolute atomic E-state index is 0.153. The van der Waals surface area contributed by atoms with Crippen LogP contribution in [0.3, 0.4) is 0 Å². The van der Waals surface area contributed by atoms with Crippen molar-refractivity contribution in [1.82, 2.24) is 10.2 Å². The lowest BCUT2D eigenvalue weighted by Gasteiger charge is -2.46. The fraction of sp³-hybridized carbons (Fsp3) is 0.438. The van der Waals surface area contributed by atoms with Crippen molar-refractivity contribution in [2.45, 2.75) is 36.1 Å². The number of benzene rings is 1. The second-order valence-corrected chi connectivity index (χ2v) is 8.20. The number of rotatable bonds is 3. The van der Waals surface area contributed by atoms with Crippen molar-refractivity contribution < 1.29 is 19.5 Å². The van der Waals surface area contributed by atoms with E-state index in [-0.39, 0.29) is 11.3 Å². The third-order valence-corrected chi connectivity index (χ3v) is 7.67. The molecule has 130 valence electrons. The number of carbonyl (C=O) groups is 3. The van der Waals surface area contributed by atoms with E-state index in [1.54, 1.807) is 6.92 Å². The van der Waals surface area contributed by atoms with Crippen LogP contribution in [-0.2, 0) is 14.4 Å². The first-order chi connectivity index (χ1) is 11.3. The number of carboxylic acid groups (broad SMARTS) is 1. The number of carbonyl (C=O) groups excluding carboxylic acids is 2. The number of alkyl halides is 1. The number of nitrogens with zero attached hydrogens (tertiary/aromatic N) is 1. The number of fused-ring (bicyclic) bond motifs is 1. The molecule has 3 rings (SSSR count). The smallest absolute Gasteiger partial charge is 0.352 e. The molecule has 0 saturated carbocycles. The molecule has 0 radical (unpaired) electrons. The largest absolute Gasteiger partial charge is 0.478 e. The molecule has 2 aliphatic heterocycles. The summed E-state index contributed by atoms with van der Waals surface area (Å²) >= 11 is 3.54. The Morgan fingerprint density at radius 1 is 1.33 bits per heavy atom. The lowest BCUT2D eigenvalue weighted by Crippen LogP contribution is -2.75. The summed E-state index contributed by atoms with van der Waals surface area (Å²) in [7, 11) is 0. The highest BCUT2D eigenvalue weighted by Gasteiger charge is 2.71. The Hall–Kier alpha value is -1.29. The standard InChI is InChI=1S/C10H13IN2O4S.C6H6/c1-5(14)12-10(8(16)17)9(2,4-11)18-7-3-6(15)13(7)10;1-2-4-6-5-3-1/h7H,3-4H2,1-2H3,(H,12,14)(H,16,17);1-6H/t7-,9?,10?;/m1./s1. The van der Waals surface area contributed by atoms with Gasteiger partial charge in [-0.15, -0.1) is 11.8 Å². The highest BCUT2D eigenvalue weighted by Crippen LogP contribution is 2.56. The fourth-order valence-electron chi connectivity index (χ4n) is 2.87. The van der Waals surface area contributed by atoms with Crippen LogP contribution in [0.1, 0.15) is 20.3 Å². The summed E-state index contributed by atoms with van der Waals surface area (Å²) in [5.41, 5.74) is -1.63. The molecule has 2 N–H and O–H groups in total. The topological polar surface area (TPSA) is 86.7 Å². The number of β-lactam (4-membered cyclic amide) rings is 1. The Kier molecular flexibility index (Phi) is 5.79. The number of hydrogen-bond donors (Lipinski definition) is 2. The van der Waals surface area contributed by atoms with Crippen molar-refractivity contribution in [3.8, 4) is 0 Å². The lowest BCUT2D eigenvalue weighted by atomic mass is 9.90. The lowest BCUT2D eigenvalue weighted by molar-refractivity contribution is -0.172. The number of hydrogen-bond acceptors (Lipinski definition) is 4. The van der Waals surface area contributed by atoms with Crippen LogP contribution in [0.25, 0.3) is 0 Å². The van der Waals surface area contributed by atoms with Crippen LogP contribution in [0.15, 0.2) is 36.4 Å². The quantitative estimate of drug-likeness (QED) is 0.408. The maximum Gasteiger partial charge on any atom is 0.352 e. The zero-order valence-corrected chi connectivity index (χ0v) is 16.3. The average molecular weight is 462 g/mol. The molecule has 2 fully saturated rings. The normalized spacial score (nSPS) is 30.5. The van der Waals surface area contributed by atoms with Crippen molar-refractivity contribution >= 4 is 52.1 Å². The molecular formula is C16H19IN2O4S. The van der Waals surface area contributed by atoms with Gasteiger partial charge in [0.1, 0.15) is 0 Å². The number of halogens is 1. The van der Waals surface area contributed by atoms with Crippen molar-refractivity contribution in [1.29, 1.82) is 0 Å². The average Bonchev–Trinajstić information content (AvgIpc) is 2.74. The predicted octanol–water partition coefficient (Wildman–Crippen LogP) is 2.09. The summed E-state index contributed by atoms with van der Waals surface area (Å²) in [5.74, 6) is -1.86. The van der Waals surface area contributed by atoms with E-state index >= 15 is 0 Å². The molecule has 6 nitrogen and oxygen atoms in total. The molecule has 1 aromatic rings. The first-order valence-corrected chi connectivity index (χ1v) is 9.77. The Labute approximate surface area is 158 Å². The van der Waals surface area contributed by atoms with Crippen molar-refractivity contribution in [3.05, 3.63) is 36.4 Å². The second-order valence-electron chi connectivity index (χ2n) is 5.76. The Balaban J connectivity index is 0.000000292. The van der Waals surface area contributed by atoms with Crippen LogP contribution in [0, 0.1) is 0 Å². The molecule has 0 aromatic heterocycles. The van der Waals surface area contributed by atoms with Crippen molar-refractivity contribution in [3.63, 3.8) is 0 Å². The van der Waals surface area contributed by atoms with E-state index in [9.17, 15) is 19.5 Å². The number of aliphatic carboxylic acids is 1. The minimum Gasteiger partial charge on any atom is -0.478 e. The van der Waals surface area contributed by atoms with Gasteiger partial charge in [-0.3, -0.25) is 14.5 Å². The zero-order chi connectivity index (χ0) is 18.0. The number of carboxylic acids is 1. The van der Waals surface area contributed by atoms with Gasteiger partial charge < -0.3 is 10.4 Å². The summed E-state index contributed by atoms with van der Waals surface area (Å²) in [6, 6.07) is 12.0. The fourth-order valence-corrected chi connectivity index (χ4v) is 5.64. The van der Waals surface area contributed by atoms with E-state index in [0.717, 1.165) is 0 Å². The minimum atomic E-state index is -1.63. The van der Waals surface area contributed by atoms with E-state index in [2.05, 4.69) is 27.9 Å². The van der Waals surface area contributed by atoms with Crippen molar-refractivity contribution in [2.75, 3.05) is 4.43 Å². The molecule has 0 spiro atoms. The predicted molar refractivity (Wildman–Crippen MR) is 101 cm³/mol. The van der Waals surface area contributed by atoms with Gasteiger partial charge in [0.15, 0.2) is 0 Å². The maximum absolute atomic E-state index is 11.7. The van der Waals surface area contributed by atoms with E-state index in [1.807, 2.05) is 36.4 Å². The van der Waals surface area contributed by atoms with E-state index in [0.29, 0.717) is 10.8 Å². The summed E-state index contributed by atoms with van der Waals surface area (Å²) in [4.78, 5) is 36.1. The SMILES string of the molecule is CC(=O)NC1(C(=O)O)N2C(=O)C[C@H]2SC1(C)CI.c1ccccc1. The van der Waals surface area contributed by atoms with Crippen LogP contribution < -0.4 is 5.32 Å². The van der Waals surface area contributed by atoms with E-state index < -0.39 is 22.3 Å². The van der Waals surface area contributed by atoms with E-state index in [4.69, 9.17) is 0 Å². The molecule has 0 bridgehead atoms. The Bertz CT molecular complexity index is 618. The van der Waals surface area contributed by atoms with Gasteiger partial charge >= 0.3 is 5.97 Å². The molecule has 2 aliphatic rings. The first-order valence-electron chi connectivity index (χ1n) is 7.36. The molecule has 24 heavy (non-hydrogen) atoms. The zero-order valence-electron chi connectivity index (χ0n) is 13.4. The molecule has 2 saturated heterocycles. The number of nitrogens with one attached hydrogen (secondary N) is 1. The molecular weight excluding hydrogens is 443 g/mol. The highest BCUT2D eigenvalue weighted by molar-refractivity contribution is 14.1. The molecule has 1 aromatic carbocycles. The van der Waals surface area contributed by atoms with Gasteiger partial charge in [0.25, 0.3) is 0 Å². The molecule has 0 aliphatic carbocycles. The van der Waals surface area contributed by atoms with Crippen LogP contribution in [-0.4, -0.2) is 48.0 Å². The first kappa shape index (κ1) is 19.0. The summed E-state index contributed by atoms with van der Waals surface area (Å²) in [5, 5.41) is 11.9. The summed E-state index contributed by atoms with van der Waals surface area (Å²) in [6.45, 7) is 3.04. The van der Waals surface area contributed by atoms with Crippen LogP contribution in [0.4, 0.5) is 0 Å². The van der Waals surface area contributed by atoms with Gasteiger partial charge in [-0.2, -0.15) is 0 Å². The third kappa shape index (κ3) is 3.13. The summed E-state index contributed by atoms with van der Waals surface area (Å²) < 4.78 is -0.218. The molecule has 2 heterocycles. The summed E-state index contributed by atoms with van der Waals surface area (Å²) in [6.07, 6.45) is 0.339. The molecule has 2 amide bonds. The van der Waals surface area contributed by atoms with Crippen LogP contribution >= 0.6 is 34.4 Å². The van der Waals surface area contributed by atoms with Gasteiger partial charge in [0.2, 0.25) is 17.5 Å². The van der Waals surface area contributed by atoms with Gasteiger partial charge in [0.05, 0.1) is 16.5 Å². The maximum atomic E-state index is 11.7. The van der Waals surface area contributed by atoms with E-state index in [1.165, 1.54) is 23.6 Å².